The molecule has 0 spiro atoms. The van der Waals surface area contributed by atoms with Gasteiger partial charge in [-0.1, -0.05) is 0 Å². The minimum absolute atomic E-state index is 0.0328. The number of rotatable bonds is 4. The van der Waals surface area contributed by atoms with Crippen LogP contribution in [0.3, 0.4) is 0 Å². The van der Waals surface area contributed by atoms with Gasteiger partial charge in [0.2, 0.25) is 0 Å². The van der Waals surface area contributed by atoms with Gasteiger partial charge < -0.3 is 11.1 Å². The number of amides is 1. The second-order valence-electron chi connectivity index (χ2n) is 4.11. The van der Waals surface area contributed by atoms with Crippen LogP contribution in [0.15, 0.2) is 24.7 Å². The van der Waals surface area contributed by atoms with Gasteiger partial charge in [-0.25, -0.2) is 4.98 Å². The molecule has 9 heteroatoms. The first kappa shape index (κ1) is 13.5. The van der Waals surface area contributed by atoms with E-state index < -0.39 is 10.8 Å². The van der Waals surface area contributed by atoms with E-state index in [1.807, 2.05) is 0 Å². The zero-order chi connectivity index (χ0) is 14.7. The molecule has 2 aromatic rings. The minimum atomic E-state index is -0.636. The fourth-order valence-corrected chi connectivity index (χ4v) is 1.60. The minimum Gasteiger partial charge on any atom is -0.383 e. The first-order valence-electron chi connectivity index (χ1n) is 5.68. The molecule has 0 aliphatic rings. The Morgan fingerprint density at radius 2 is 2.30 bits per heavy atom. The molecule has 0 saturated heterocycles. The van der Waals surface area contributed by atoms with Crippen molar-refractivity contribution in [3.8, 4) is 0 Å². The Hall–Kier alpha value is -2.97. The number of carbonyl (C=O) groups is 1. The zero-order valence-corrected chi connectivity index (χ0v) is 10.5. The number of hydrogen-bond acceptors (Lipinski definition) is 6. The van der Waals surface area contributed by atoms with Crippen molar-refractivity contribution in [3.05, 3.63) is 45.9 Å². The maximum Gasteiger partial charge on any atom is 0.288 e. The van der Waals surface area contributed by atoms with Crippen molar-refractivity contribution in [3.63, 3.8) is 0 Å². The van der Waals surface area contributed by atoms with E-state index in [1.165, 1.54) is 0 Å². The molecular formula is C11H12N6O3. The van der Waals surface area contributed by atoms with Crippen LogP contribution < -0.4 is 11.1 Å². The van der Waals surface area contributed by atoms with E-state index in [0.717, 1.165) is 17.8 Å². The monoisotopic (exact) mass is 276 g/mol. The highest BCUT2D eigenvalue weighted by Gasteiger charge is 2.18. The lowest BCUT2D eigenvalue weighted by molar-refractivity contribution is -0.385. The van der Waals surface area contributed by atoms with E-state index in [1.54, 1.807) is 19.3 Å². The third-order valence-corrected chi connectivity index (χ3v) is 2.73. The Balaban J connectivity index is 2.20. The van der Waals surface area contributed by atoms with E-state index >= 15 is 0 Å². The lowest BCUT2D eigenvalue weighted by atomic mass is 10.1. The lowest BCUT2D eigenvalue weighted by Crippen LogP contribution is -2.27. The highest BCUT2D eigenvalue weighted by Crippen LogP contribution is 2.18. The topological polar surface area (TPSA) is 140 Å². The van der Waals surface area contributed by atoms with Gasteiger partial charge in [0.15, 0.2) is 0 Å². The molecule has 0 radical (unpaired) electrons. The van der Waals surface area contributed by atoms with E-state index in [4.69, 9.17) is 5.73 Å². The number of pyridine rings is 1. The summed E-state index contributed by atoms with van der Waals surface area (Å²) in [7, 11) is 0. The van der Waals surface area contributed by atoms with Crippen molar-refractivity contribution >= 4 is 17.4 Å². The molecule has 0 bridgehead atoms. The van der Waals surface area contributed by atoms with Crippen LogP contribution in [0.2, 0.25) is 0 Å². The number of anilines is 1. The zero-order valence-electron chi connectivity index (χ0n) is 10.5. The Morgan fingerprint density at radius 1 is 1.55 bits per heavy atom. The average Bonchev–Trinajstić information content (AvgIpc) is 2.92. The molecule has 2 heterocycles. The largest absolute Gasteiger partial charge is 0.383 e. The Labute approximate surface area is 113 Å². The fourth-order valence-electron chi connectivity index (χ4n) is 1.60. The number of H-pyrrole nitrogens is 1. The van der Waals surface area contributed by atoms with Gasteiger partial charge in [-0.3, -0.25) is 20.0 Å². The maximum atomic E-state index is 12.1. The van der Waals surface area contributed by atoms with Crippen LogP contribution >= 0.6 is 0 Å². The predicted octanol–water partition coefficient (Wildman–Crippen LogP) is 0.786. The molecule has 2 rings (SSSR count). The van der Waals surface area contributed by atoms with E-state index in [0.29, 0.717) is 0 Å². The van der Waals surface area contributed by atoms with Crippen LogP contribution in [0.5, 0.6) is 0 Å². The summed E-state index contributed by atoms with van der Waals surface area (Å²) >= 11 is 0. The van der Waals surface area contributed by atoms with Crippen LogP contribution in [0.25, 0.3) is 0 Å². The molecule has 2 aromatic heterocycles. The summed E-state index contributed by atoms with van der Waals surface area (Å²) < 4.78 is 0. The van der Waals surface area contributed by atoms with E-state index in [9.17, 15) is 14.9 Å². The molecule has 0 aliphatic carbocycles. The average molecular weight is 276 g/mol. The van der Waals surface area contributed by atoms with Gasteiger partial charge in [0.25, 0.3) is 11.6 Å². The van der Waals surface area contributed by atoms with Gasteiger partial charge in [0, 0.05) is 17.8 Å². The van der Waals surface area contributed by atoms with Crippen LogP contribution in [-0.4, -0.2) is 26.0 Å². The number of hydrogen-bond donors (Lipinski definition) is 3. The first-order valence-corrected chi connectivity index (χ1v) is 5.68. The molecule has 9 nitrogen and oxygen atoms in total. The third kappa shape index (κ3) is 2.71. The summed E-state index contributed by atoms with van der Waals surface area (Å²) in [5.41, 5.74) is 6.02. The van der Waals surface area contributed by atoms with Crippen molar-refractivity contribution in [1.82, 2.24) is 20.5 Å². The number of nitrogens with zero attached hydrogens (tertiary/aromatic N) is 3. The van der Waals surface area contributed by atoms with Crippen molar-refractivity contribution in [2.24, 2.45) is 0 Å². The highest BCUT2D eigenvalue weighted by molar-refractivity contribution is 5.99. The molecule has 4 N–H and O–H groups in total. The molecule has 0 fully saturated rings. The van der Waals surface area contributed by atoms with Crippen molar-refractivity contribution in [2.45, 2.75) is 13.0 Å². The van der Waals surface area contributed by atoms with Gasteiger partial charge in [-0.2, -0.15) is 5.10 Å². The maximum absolute atomic E-state index is 12.1. The molecule has 0 aliphatic heterocycles. The number of nitrogens with one attached hydrogen (secondary N) is 2. The van der Waals surface area contributed by atoms with Crippen LogP contribution in [0.4, 0.5) is 11.5 Å². The Kier molecular flexibility index (Phi) is 3.60. The number of aromatic nitrogens is 3. The number of carbonyl (C=O) groups excluding carboxylic acids is 1. The van der Waals surface area contributed by atoms with Gasteiger partial charge >= 0.3 is 0 Å². The smallest absolute Gasteiger partial charge is 0.288 e. The second kappa shape index (κ2) is 5.34. The third-order valence-electron chi connectivity index (χ3n) is 2.73. The number of nitrogens with two attached hydrogens (primary N) is 1. The quantitative estimate of drug-likeness (QED) is 0.557. The second-order valence-corrected chi connectivity index (χ2v) is 4.11. The summed E-state index contributed by atoms with van der Waals surface area (Å²) in [6, 6.07) is 0.777. The van der Waals surface area contributed by atoms with Crippen LogP contribution in [0, 0.1) is 10.1 Å². The van der Waals surface area contributed by atoms with Crippen LogP contribution in [-0.2, 0) is 0 Å². The summed E-state index contributed by atoms with van der Waals surface area (Å²) in [6.07, 6.45) is 4.21. The van der Waals surface area contributed by atoms with Gasteiger partial charge in [0.05, 0.1) is 22.7 Å². The Bertz CT molecular complexity index is 640. The molecular weight excluding hydrogens is 264 g/mol. The molecule has 0 saturated carbocycles. The van der Waals surface area contributed by atoms with Gasteiger partial charge in [0.1, 0.15) is 12.0 Å². The highest BCUT2D eigenvalue weighted by atomic mass is 16.6. The standard InChI is InChI=1S/C11H12N6O3/c1-6(7-3-14-15-4-7)16-11(18)9-2-8(17(19)20)5-13-10(9)12/h2-6H,1H3,(H2,12,13)(H,14,15)(H,16,18). The number of nitrogen functional groups attached to an aromatic ring is 1. The van der Waals surface area contributed by atoms with Gasteiger partial charge in [-0.15, -0.1) is 0 Å². The summed E-state index contributed by atoms with van der Waals surface area (Å²) in [6.45, 7) is 1.75. The van der Waals surface area contributed by atoms with Crippen molar-refractivity contribution < 1.29 is 9.72 Å². The predicted molar refractivity (Wildman–Crippen MR) is 69.8 cm³/mol. The molecule has 1 atom stereocenters. The SMILES string of the molecule is CC(NC(=O)c1cc([N+](=O)[O-])cnc1N)c1cn[nH]c1. The normalized spacial score (nSPS) is 11.8. The van der Waals surface area contributed by atoms with E-state index in [2.05, 4.69) is 20.5 Å². The molecule has 104 valence electrons. The first-order chi connectivity index (χ1) is 9.49. The Morgan fingerprint density at radius 3 is 2.90 bits per heavy atom. The number of nitro groups is 1. The summed E-state index contributed by atoms with van der Waals surface area (Å²) in [4.78, 5) is 25.8. The summed E-state index contributed by atoms with van der Waals surface area (Å²) in [5.74, 6) is -0.597. The lowest BCUT2D eigenvalue weighted by Gasteiger charge is -2.12. The summed E-state index contributed by atoms with van der Waals surface area (Å²) in [5, 5.41) is 19.7. The molecule has 0 aromatic carbocycles. The fraction of sp³-hybridized carbons (Fsp3) is 0.182. The van der Waals surface area contributed by atoms with Gasteiger partial charge in [-0.05, 0) is 6.92 Å². The molecule has 1 amide bonds. The van der Waals surface area contributed by atoms with Crippen molar-refractivity contribution in [2.75, 3.05) is 5.73 Å². The molecule has 1 unspecified atom stereocenters. The number of aromatic amines is 1. The van der Waals surface area contributed by atoms with Crippen LogP contribution in [0.1, 0.15) is 28.9 Å². The van der Waals surface area contributed by atoms with E-state index in [-0.39, 0.29) is 23.1 Å². The molecule has 20 heavy (non-hydrogen) atoms. The van der Waals surface area contributed by atoms with Crippen molar-refractivity contribution in [1.29, 1.82) is 0 Å².